The third-order valence-corrected chi connectivity index (χ3v) is 5.75. The summed E-state index contributed by atoms with van der Waals surface area (Å²) in [5.41, 5.74) is 2.82. The normalized spacial score (nSPS) is 17.0. The lowest BCUT2D eigenvalue weighted by Gasteiger charge is -2.21. The van der Waals surface area contributed by atoms with Gasteiger partial charge in [0, 0.05) is 31.6 Å². The Labute approximate surface area is 186 Å². The SMILES string of the molecule is Cc1noc(C)c1Cc1ccc(C(=O)N2CC(=O)N(CCc3ccccc3)CC(O)C2)o1. The molecule has 2 aromatic heterocycles. The van der Waals surface area contributed by atoms with Crippen molar-refractivity contribution in [3.8, 4) is 0 Å². The lowest BCUT2D eigenvalue weighted by atomic mass is 10.1. The van der Waals surface area contributed by atoms with Gasteiger partial charge in [0.25, 0.3) is 5.91 Å². The number of amides is 2. The van der Waals surface area contributed by atoms with Gasteiger partial charge in [0.1, 0.15) is 18.1 Å². The van der Waals surface area contributed by atoms with E-state index in [-0.39, 0.29) is 31.3 Å². The van der Waals surface area contributed by atoms with Gasteiger partial charge in [-0.2, -0.15) is 0 Å². The highest BCUT2D eigenvalue weighted by atomic mass is 16.5. The molecular weight excluding hydrogens is 410 g/mol. The zero-order valence-electron chi connectivity index (χ0n) is 18.3. The maximum absolute atomic E-state index is 13.0. The molecule has 1 fully saturated rings. The lowest BCUT2D eigenvalue weighted by molar-refractivity contribution is -0.131. The van der Waals surface area contributed by atoms with E-state index in [1.807, 2.05) is 44.2 Å². The van der Waals surface area contributed by atoms with Crippen LogP contribution in [-0.2, 0) is 17.6 Å². The monoisotopic (exact) mass is 437 g/mol. The minimum Gasteiger partial charge on any atom is -0.456 e. The fraction of sp³-hybridized carbons (Fsp3) is 0.375. The average Bonchev–Trinajstić information content (AvgIpc) is 3.34. The summed E-state index contributed by atoms with van der Waals surface area (Å²) in [6.07, 6.45) is 0.331. The minimum absolute atomic E-state index is 0.0757. The molecule has 1 aliphatic rings. The van der Waals surface area contributed by atoms with Crippen LogP contribution < -0.4 is 0 Å². The number of aliphatic hydroxyl groups is 1. The average molecular weight is 437 g/mol. The van der Waals surface area contributed by atoms with Crippen molar-refractivity contribution < 1.29 is 23.6 Å². The van der Waals surface area contributed by atoms with Gasteiger partial charge >= 0.3 is 0 Å². The number of hydrogen-bond donors (Lipinski definition) is 1. The van der Waals surface area contributed by atoms with E-state index in [4.69, 9.17) is 8.94 Å². The number of hydrogen-bond acceptors (Lipinski definition) is 6. The largest absolute Gasteiger partial charge is 0.456 e. The Morgan fingerprint density at radius 3 is 2.66 bits per heavy atom. The molecule has 3 aromatic rings. The highest BCUT2D eigenvalue weighted by molar-refractivity contribution is 5.94. The van der Waals surface area contributed by atoms with Gasteiger partial charge in [-0.25, -0.2) is 0 Å². The molecule has 1 aromatic carbocycles. The van der Waals surface area contributed by atoms with E-state index in [0.29, 0.717) is 30.9 Å². The fourth-order valence-electron chi connectivity index (χ4n) is 3.95. The van der Waals surface area contributed by atoms with Crippen LogP contribution in [0.1, 0.15) is 38.9 Å². The molecule has 8 nitrogen and oxygen atoms in total. The summed E-state index contributed by atoms with van der Waals surface area (Å²) in [5, 5.41) is 14.4. The maximum atomic E-state index is 13.0. The zero-order valence-corrected chi connectivity index (χ0v) is 18.3. The Hall–Kier alpha value is -3.39. The van der Waals surface area contributed by atoms with Crippen LogP contribution in [0.25, 0.3) is 0 Å². The summed E-state index contributed by atoms with van der Waals surface area (Å²) in [7, 11) is 0. The predicted octanol–water partition coefficient (Wildman–Crippen LogP) is 2.36. The van der Waals surface area contributed by atoms with E-state index in [2.05, 4.69) is 5.16 Å². The van der Waals surface area contributed by atoms with E-state index in [9.17, 15) is 14.7 Å². The number of aromatic nitrogens is 1. The van der Waals surface area contributed by atoms with Gasteiger partial charge in [-0.05, 0) is 38.0 Å². The first-order chi connectivity index (χ1) is 15.4. The summed E-state index contributed by atoms with van der Waals surface area (Å²) in [4.78, 5) is 28.8. The number of furan rings is 1. The molecule has 0 spiro atoms. The molecule has 32 heavy (non-hydrogen) atoms. The summed E-state index contributed by atoms with van der Waals surface area (Å²) in [5.74, 6) is 0.864. The highest BCUT2D eigenvalue weighted by Gasteiger charge is 2.31. The van der Waals surface area contributed by atoms with E-state index in [0.717, 1.165) is 16.8 Å². The summed E-state index contributed by atoms with van der Waals surface area (Å²) in [6.45, 7) is 4.36. The Kier molecular flexibility index (Phi) is 6.41. The number of benzene rings is 1. The molecule has 0 bridgehead atoms. The number of carbonyl (C=O) groups is 2. The molecular formula is C24H27N3O5. The fourth-order valence-corrected chi connectivity index (χ4v) is 3.95. The Balaban J connectivity index is 1.41. The number of aryl methyl sites for hydroxylation is 2. The van der Waals surface area contributed by atoms with Gasteiger partial charge in [0.15, 0.2) is 5.76 Å². The first kappa shape index (κ1) is 21.8. The molecule has 168 valence electrons. The summed E-state index contributed by atoms with van der Waals surface area (Å²) >= 11 is 0. The predicted molar refractivity (Wildman–Crippen MR) is 116 cm³/mol. The van der Waals surface area contributed by atoms with Crippen LogP contribution in [-0.4, -0.2) is 64.2 Å². The van der Waals surface area contributed by atoms with E-state index in [1.165, 1.54) is 4.90 Å². The van der Waals surface area contributed by atoms with Crippen molar-refractivity contribution in [1.82, 2.24) is 15.0 Å². The third-order valence-electron chi connectivity index (χ3n) is 5.75. The topological polar surface area (TPSA) is 100 Å². The van der Waals surface area contributed by atoms with Crippen molar-refractivity contribution in [2.45, 2.75) is 32.8 Å². The standard InChI is InChI=1S/C24H27N3O5/c1-16-21(17(2)32-25-16)12-20-8-9-22(31-20)24(30)27-14-19(28)13-26(23(29)15-27)11-10-18-6-4-3-5-7-18/h3-9,19,28H,10-15H2,1-2H3. The van der Waals surface area contributed by atoms with Crippen molar-refractivity contribution in [1.29, 1.82) is 0 Å². The highest BCUT2D eigenvalue weighted by Crippen LogP contribution is 2.20. The number of nitrogens with zero attached hydrogens (tertiary/aromatic N) is 3. The van der Waals surface area contributed by atoms with E-state index >= 15 is 0 Å². The molecule has 3 heterocycles. The molecule has 0 saturated carbocycles. The van der Waals surface area contributed by atoms with Crippen LogP contribution in [0.3, 0.4) is 0 Å². The molecule has 1 unspecified atom stereocenters. The number of aliphatic hydroxyl groups excluding tert-OH is 1. The Bertz CT molecular complexity index is 1070. The first-order valence-electron chi connectivity index (χ1n) is 10.7. The second kappa shape index (κ2) is 9.40. The Morgan fingerprint density at radius 1 is 1.16 bits per heavy atom. The minimum atomic E-state index is -0.821. The third kappa shape index (κ3) is 4.91. The van der Waals surface area contributed by atoms with Gasteiger partial charge in [-0.15, -0.1) is 0 Å². The Morgan fingerprint density at radius 2 is 1.94 bits per heavy atom. The number of carbonyl (C=O) groups excluding carboxylic acids is 2. The molecule has 2 amide bonds. The van der Waals surface area contributed by atoms with Crippen molar-refractivity contribution in [2.24, 2.45) is 0 Å². The number of β-amino-alcohol motifs (C(OH)–C–C–N with tert-alkyl or cyclic N) is 1. The van der Waals surface area contributed by atoms with E-state index in [1.54, 1.807) is 17.0 Å². The summed E-state index contributed by atoms with van der Waals surface area (Å²) in [6, 6.07) is 13.2. The van der Waals surface area contributed by atoms with Crippen molar-refractivity contribution >= 4 is 11.8 Å². The quantitative estimate of drug-likeness (QED) is 0.636. The van der Waals surface area contributed by atoms with Gasteiger partial charge in [0.2, 0.25) is 5.91 Å². The smallest absolute Gasteiger partial charge is 0.290 e. The van der Waals surface area contributed by atoms with Crippen molar-refractivity contribution in [3.63, 3.8) is 0 Å². The maximum Gasteiger partial charge on any atom is 0.290 e. The summed E-state index contributed by atoms with van der Waals surface area (Å²) < 4.78 is 10.9. The molecule has 1 N–H and O–H groups in total. The lowest BCUT2D eigenvalue weighted by Crippen LogP contribution is -2.40. The van der Waals surface area contributed by atoms with Crippen LogP contribution in [0.15, 0.2) is 51.4 Å². The first-order valence-corrected chi connectivity index (χ1v) is 10.7. The molecule has 8 heteroatoms. The number of rotatable bonds is 6. The van der Waals surface area contributed by atoms with E-state index < -0.39 is 12.0 Å². The van der Waals surface area contributed by atoms with Crippen LogP contribution in [0.5, 0.6) is 0 Å². The van der Waals surface area contributed by atoms with Crippen LogP contribution in [0.4, 0.5) is 0 Å². The molecule has 1 saturated heterocycles. The van der Waals surface area contributed by atoms with Gasteiger partial charge in [-0.1, -0.05) is 35.5 Å². The second-order valence-corrected chi connectivity index (χ2v) is 8.16. The van der Waals surface area contributed by atoms with Gasteiger partial charge in [0.05, 0.1) is 11.8 Å². The molecule has 1 aliphatic heterocycles. The second-order valence-electron chi connectivity index (χ2n) is 8.16. The molecule has 1 atom stereocenters. The molecule has 0 aliphatic carbocycles. The van der Waals surface area contributed by atoms with Crippen LogP contribution >= 0.6 is 0 Å². The van der Waals surface area contributed by atoms with Crippen molar-refractivity contribution in [3.05, 3.63) is 76.6 Å². The van der Waals surface area contributed by atoms with Crippen molar-refractivity contribution in [2.75, 3.05) is 26.2 Å². The van der Waals surface area contributed by atoms with Gasteiger partial charge in [-0.3, -0.25) is 9.59 Å². The molecule has 0 radical (unpaired) electrons. The van der Waals surface area contributed by atoms with Crippen LogP contribution in [0, 0.1) is 13.8 Å². The van der Waals surface area contributed by atoms with Gasteiger partial charge < -0.3 is 23.8 Å². The van der Waals surface area contributed by atoms with Crippen LogP contribution in [0.2, 0.25) is 0 Å². The molecule has 4 rings (SSSR count). The zero-order chi connectivity index (χ0) is 22.7.